The summed E-state index contributed by atoms with van der Waals surface area (Å²) < 4.78 is 37.9. The summed E-state index contributed by atoms with van der Waals surface area (Å²) in [5, 5.41) is 9.33. The Morgan fingerprint density at radius 3 is 2.61 bits per heavy atom. The van der Waals surface area contributed by atoms with Crippen molar-refractivity contribution in [1.82, 2.24) is 9.88 Å². The number of rotatable bonds is 2. The van der Waals surface area contributed by atoms with Gasteiger partial charge in [0.05, 0.1) is 0 Å². The monoisotopic (exact) mass is 348 g/mol. The van der Waals surface area contributed by atoms with E-state index in [-0.39, 0.29) is 17.7 Å². The van der Waals surface area contributed by atoms with Gasteiger partial charge in [-0.2, -0.15) is 13.2 Å². The minimum Gasteiger partial charge on any atom is -0.480 e. The number of amides is 1. The molecule has 1 aliphatic carbocycles. The van der Waals surface area contributed by atoms with Crippen LogP contribution in [0.5, 0.6) is 0 Å². The summed E-state index contributed by atoms with van der Waals surface area (Å²) in [5.74, 6) is -1.72. The highest BCUT2D eigenvalue weighted by Crippen LogP contribution is 2.41. The summed E-state index contributed by atoms with van der Waals surface area (Å²) in [6.45, 7) is 0. The molecule has 1 saturated carbocycles. The second-order valence-corrected chi connectivity index (χ2v) is 6.81. The third-order valence-electron chi connectivity index (χ3n) is 4.57. The van der Waals surface area contributed by atoms with Crippen LogP contribution < -0.4 is 0 Å². The fourth-order valence-electron chi connectivity index (χ4n) is 3.61. The molecule has 5 nitrogen and oxygen atoms in total. The molecule has 3 rings (SSSR count). The Balaban J connectivity index is 1.89. The van der Waals surface area contributed by atoms with Crippen molar-refractivity contribution in [2.45, 2.75) is 50.4 Å². The van der Waals surface area contributed by atoms with Crippen LogP contribution >= 0.6 is 11.3 Å². The van der Waals surface area contributed by atoms with E-state index in [0.29, 0.717) is 24.2 Å². The van der Waals surface area contributed by atoms with Gasteiger partial charge in [0.1, 0.15) is 11.7 Å². The molecule has 1 amide bonds. The van der Waals surface area contributed by atoms with Gasteiger partial charge in [0.2, 0.25) is 0 Å². The number of aliphatic carboxylic acids is 1. The molecular weight excluding hydrogens is 333 g/mol. The van der Waals surface area contributed by atoms with Gasteiger partial charge in [0, 0.05) is 11.4 Å². The van der Waals surface area contributed by atoms with Gasteiger partial charge >= 0.3 is 12.1 Å². The molecule has 126 valence electrons. The molecule has 0 spiro atoms. The highest BCUT2D eigenvalue weighted by atomic mass is 32.1. The van der Waals surface area contributed by atoms with Gasteiger partial charge in [-0.15, -0.1) is 11.3 Å². The van der Waals surface area contributed by atoms with Crippen LogP contribution in [0.2, 0.25) is 0 Å². The number of carbonyl (C=O) groups is 2. The van der Waals surface area contributed by atoms with Crippen molar-refractivity contribution in [3.05, 3.63) is 16.1 Å². The molecule has 0 bridgehead atoms. The van der Waals surface area contributed by atoms with Crippen molar-refractivity contribution in [3.63, 3.8) is 0 Å². The molecule has 9 heteroatoms. The number of carboxylic acids is 1. The molecular formula is C14H15F3N2O3S. The molecule has 0 aromatic carbocycles. The van der Waals surface area contributed by atoms with Crippen molar-refractivity contribution < 1.29 is 27.9 Å². The van der Waals surface area contributed by atoms with E-state index in [0.717, 1.165) is 24.6 Å². The number of carbonyl (C=O) groups excluding carboxylic acids is 1. The van der Waals surface area contributed by atoms with Gasteiger partial charge in [0.15, 0.2) is 5.01 Å². The fraction of sp³-hybridized carbons (Fsp3) is 0.643. The minimum absolute atomic E-state index is 0.106. The number of fused-ring (bicyclic) bond motifs is 1. The van der Waals surface area contributed by atoms with Gasteiger partial charge in [-0.05, 0) is 25.2 Å². The summed E-state index contributed by atoms with van der Waals surface area (Å²) in [4.78, 5) is 28.7. The number of likely N-dealkylation sites (tertiary alicyclic amines) is 1. The lowest BCUT2D eigenvalue weighted by Crippen LogP contribution is -2.46. The second kappa shape index (κ2) is 5.77. The minimum atomic E-state index is -4.60. The molecule has 2 fully saturated rings. The predicted octanol–water partition coefficient (Wildman–Crippen LogP) is 3.02. The standard InChI is InChI=1S/C14H15F3N2O3S/c15-14(16,17)13-18-8(6-23-13)11(20)19-9-4-2-1-3-7(9)5-10(19)12(21)22/h6-7,9-10H,1-5H2,(H,21,22). The molecule has 1 N–H and O–H groups in total. The average molecular weight is 348 g/mol. The van der Waals surface area contributed by atoms with Gasteiger partial charge < -0.3 is 10.0 Å². The lowest BCUT2D eigenvalue weighted by Gasteiger charge is -2.32. The first-order valence-electron chi connectivity index (χ1n) is 7.37. The van der Waals surface area contributed by atoms with E-state index in [1.807, 2.05) is 0 Å². The average Bonchev–Trinajstić information content (AvgIpc) is 3.11. The van der Waals surface area contributed by atoms with Crippen molar-refractivity contribution in [2.24, 2.45) is 5.92 Å². The van der Waals surface area contributed by atoms with Crippen molar-refractivity contribution in [3.8, 4) is 0 Å². The second-order valence-electron chi connectivity index (χ2n) is 5.95. The summed E-state index contributed by atoms with van der Waals surface area (Å²) in [5.41, 5.74) is -0.320. The van der Waals surface area contributed by atoms with Crippen LogP contribution in [0, 0.1) is 5.92 Å². The molecule has 3 unspecified atom stereocenters. The molecule has 2 heterocycles. The van der Waals surface area contributed by atoms with E-state index < -0.39 is 29.1 Å². The third-order valence-corrected chi connectivity index (χ3v) is 5.46. The Morgan fingerprint density at radius 2 is 2.00 bits per heavy atom. The topological polar surface area (TPSA) is 70.5 Å². The van der Waals surface area contributed by atoms with E-state index in [4.69, 9.17) is 0 Å². The first-order chi connectivity index (χ1) is 10.8. The van der Waals surface area contributed by atoms with E-state index in [2.05, 4.69) is 4.98 Å². The number of alkyl halides is 3. The quantitative estimate of drug-likeness (QED) is 0.892. The van der Waals surface area contributed by atoms with Crippen molar-refractivity contribution in [2.75, 3.05) is 0 Å². The van der Waals surface area contributed by atoms with E-state index in [1.54, 1.807) is 0 Å². The highest BCUT2D eigenvalue weighted by Gasteiger charge is 2.48. The van der Waals surface area contributed by atoms with Gasteiger partial charge in [0.25, 0.3) is 5.91 Å². The fourth-order valence-corrected chi connectivity index (χ4v) is 4.27. The Bertz CT molecular complexity index is 631. The van der Waals surface area contributed by atoms with Gasteiger partial charge in [-0.1, -0.05) is 12.8 Å². The summed E-state index contributed by atoms with van der Waals surface area (Å²) in [6, 6.07) is -1.19. The van der Waals surface area contributed by atoms with E-state index >= 15 is 0 Å². The number of aromatic nitrogens is 1. The molecule has 0 radical (unpaired) electrons. The first-order valence-corrected chi connectivity index (χ1v) is 8.25. The van der Waals surface area contributed by atoms with Crippen LogP contribution in [0.25, 0.3) is 0 Å². The zero-order chi connectivity index (χ0) is 16.8. The smallest absolute Gasteiger partial charge is 0.443 e. The number of hydrogen-bond donors (Lipinski definition) is 1. The number of thiazole rings is 1. The van der Waals surface area contributed by atoms with Crippen LogP contribution in [0.15, 0.2) is 5.38 Å². The number of hydrogen-bond acceptors (Lipinski definition) is 4. The zero-order valence-electron chi connectivity index (χ0n) is 12.0. The first kappa shape index (κ1) is 16.2. The molecule has 1 aromatic rings. The normalized spacial score (nSPS) is 27.8. The van der Waals surface area contributed by atoms with Crippen molar-refractivity contribution >= 4 is 23.2 Å². The molecule has 23 heavy (non-hydrogen) atoms. The van der Waals surface area contributed by atoms with Crippen LogP contribution in [0.3, 0.4) is 0 Å². The van der Waals surface area contributed by atoms with Gasteiger partial charge in [-0.25, -0.2) is 9.78 Å². The number of carboxylic acid groups (broad SMARTS) is 1. The lowest BCUT2D eigenvalue weighted by molar-refractivity contribution is -0.142. The third kappa shape index (κ3) is 2.93. The largest absolute Gasteiger partial charge is 0.480 e. The van der Waals surface area contributed by atoms with Crippen LogP contribution in [0.4, 0.5) is 13.2 Å². The maximum Gasteiger partial charge on any atom is 0.443 e. The van der Waals surface area contributed by atoms with Crippen LogP contribution in [-0.4, -0.2) is 39.0 Å². The SMILES string of the molecule is O=C(O)C1CC2CCCCC2N1C(=O)c1csc(C(F)(F)F)n1. The molecule has 3 atom stereocenters. The summed E-state index contributed by atoms with van der Waals surface area (Å²) in [6.07, 6.45) is -0.818. The lowest BCUT2D eigenvalue weighted by atomic mass is 9.84. The summed E-state index contributed by atoms with van der Waals surface area (Å²) in [7, 11) is 0. The molecule has 1 saturated heterocycles. The molecule has 1 aromatic heterocycles. The molecule has 1 aliphatic heterocycles. The number of nitrogens with zero attached hydrogens (tertiary/aromatic N) is 2. The molecule has 2 aliphatic rings. The maximum atomic E-state index is 12.6. The zero-order valence-corrected chi connectivity index (χ0v) is 12.9. The Morgan fingerprint density at radius 1 is 1.30 bits per heavy atom. The summed E-state index contributed by atoms with van der Waals surface area (Å²) >= 11 is 0.352. The number of halogens is 3. The van der Waals surface area contributed by atoms with E-state index in [9.17, 15) is 27.9 Å². The predicted molar refractivity (Wildman–Crippen MR) is 75.1 cm³/mol. The van der Waals surface area contributed by atoms with E-state index in [1.165, 1.54) is 4.90 Å². The Hall–Kier alpha value is -1.64. The maximum absolute atomic E-state index is 12.6. The Labute approximate surface area is 134 Å². The van der Waals surface area contributed by atoms with Crippen LogP contribution in [0.1, 0.15) is 47.6 Å². The highest BCUT2D eigenvalue weighted by molar-refractivity contribution is 7.09. The Kier molecular flexibility index (Phi) is 4.07. The van der Waals surface area contributed by atoms with Crippen molar-refractivity contribution in [1.29, 1.82) is 0 Å². The van der Waals surface area contributed by atoms with Crippen LogP contribution in [-0.2, 0) is 11.0 Å². The van der Waals surface area contributed by atoms with Gasteiger partial charge in [-0.3, -0.25) is 4.79 Å².